The van der Waals surface area contributed by atoms with E-state index < -0.39 is 73.9 Å². The Labute approximate surface area is 363 Å². The molecule has 0 aliphatic heterocycles. The van der Waals surface area contributed by atoms with Crippen molar-refractivity contribution in [3.05, 3.63) is 114 Å². The molecule has 13 heteroatoms. The van der Waals surface area contributed by atoms with Crippen LogP contribution in [-0.4, -0.2) is 83.1 Å². The van der Waals surface area contributed by atoms with E-state index in [9.17, 15) is 28.8 Å². The molecule has 13 nitrogen and oxygen atoms in total. The van der Waals surface area contributed by atoms with Crippen molar-refractivity contribution < 1.29 is 61.9 Å². The van der Waals surface area contributed by atoms with Gasteiger partial charge in [-0.3, -0.25) is 9.59 Å². The summed E-state index contributed by atoms with van der Waals surface area (Å²) in [6.07, 6.45) is 4.28. The second-order valence-corrected chi connectivity index (χ2v) is 15.2. The van der Waals surface area contributed by atoms with Gasteiger partial charge in [0, 0.05) is 22.3 Å². The Bertz CT molecular complexity index is 2120. The molecule has 0 atom stereocenters. The predicted molar refractivity (Wildman–Crippen MR) is 234 cm³/mol. The van der Waals surface area contributed by atoms with Gasteiger partial charge in [0.25, 0.3) is 0 Å². The molecular weight excluding hydrogens is 797 g/mol. The topological polar surface area (TPSA) is 167 Å². The SMILES string of the molecule is C=C(C)C(=O)OCCCc1cc(-c2ccc3cc(CCCCC)ccc3c2)ccc1OCC(COC(=O)CC(=C)C(=O)OC)(COC(=O)CC(=C)C(=O)OC)COC(=O)C(=C)C. The first kappa shape index (κ1) is 49.9. The van der Waals surface area contributed by atoms with Crippen LogP contribution in [0.15, 0.2) is 103 Å². The van der Waals surface area contributed by atoms with Gasteiger partial charge in [-0.1, -0.05) is 82.5 Å². The molecule has 3 aromatic carbocycles. The lowest BCUT2D eigenvalue weighted by molar-refractivity contribution is -0.163. The van der Waals surface area contributed by atoms with Crippen molar-refractivity contribution in [1.82, 2.24) is 0 Å². The number of aryl methyl sites for hydroxylation is 2. The molecule has 0 radical (unpaired) electrons. The van der Waals surface area contributed by atoms with Gasteiger partial charge in [0.05, 0.1) is 33.7 Å². The summed E-state index contributed by atoms with van der Waals surface area (Å²) >= 11 is 0. The second kappa shape index (κ2) is 24.7. The monoisotopic (exact) mass is 854 g/mol. The van der Waals surface area contributed by atoms with Crippen LogP contribution in [-0.2, 0) is 70.0 Å². The summed E-state index contributed by atoms with van der Waals surface area (Å²) in [6, 6.07) is 18.4. The Morgan fingerprint density at radius 2 is 1.10 bits per heavy atom. The van der Waals surface area contributed by atoms with E-state index >= 15 is 0 Å². The summed E-state index contributed by atoms with van der Waals surface area (Å²) in [7, 11) is 2.28. The van der Waals surface area contributed by atoms with Crippen LogP contribution in [0.5, 0.6) is 5.75 Å². The number of benzene rings is 3. The van der Waals surface area contributed by atoms with Crippen LogP contribution in [0, 0.1) is 5.41 Å². The summed E-state index contributed by atoms with van der Waals surface area (Å²) in [4.78, 5) is 74.7. The van der Waals surface area contributed by atoms with Crippen LogP contribution in [0.2, 0.25) is 0 Å². The average molecular weight is 855 g/mol. The first-order valence-corrected chi connectivity index (χ1v) is 20.3. The highest BCUT2D eigenvalue weighted by molar-refractivity contribution is 5.94. The van der Waals surface area contributed by atoms with Gasteiger partial charge in [-0.05, 0) is 90.8 Å². The van der Waals surface area contributed by atoms with Gasteiger partial charge in [0.1, 0.15) is 37.6 Å². The number of methoxy groups -OCH3 is 2. The highest BCUT2D eigenvalue weighted by atomic mass is 16.6. The van der Waals surface area contributed by atoms with Crippen molar-refractivity contribution in [2.75, 3.05) is 47.3 Å². The summed E-state index contributed by atoms with van der Waals surface area (Å²) in [6.45, 7) is 17.8. The zero-order valence-corrected chi connectivity index (χ0v) is 36.5. The molecule has 0 amide bonds. The summed E-state index contributed by atoms with van der Waals surface area (Å²) < 4.78 is 37.8. The number of carbonyl (C=O) groups excluding carboxylic acids is 6. The van der Waals surface area contributed by atoms with Crippen molar-refractivity contribution in [2.24, 2.45) is 5.41 Å². The zero-order valence-electron chi connectivity index (χ0n) is 36.5. The van der Waals surface area contributed by atoms with E-state index in [1.165, 1.54) is 18.9 Å². The lowest BCUT2D eigenvalue weighted by atomic mass is 9.91. The molecule has 0 aliphatic rings. The van der Waals surface area contributed by atoms with Crippen molar-refractivity contribution in [3.8, 4) is 16.9 Å². The first-order chi connectivity index (χ1) is 29.5. The highest BCUT2D eigenvalue weighted by Gasteiger charge is 2.38. The molecule has 62 heavy (non-hydrogen) atoms. The fourth-order valence-corrected chi connectivity index (χ4v) is 6.03. The van der Waals surface area contributed by atoms with Gasteiger partial charge in [-0.15, -0.1) is 0 Å². The fourth-order valence-electron chi connectivity index (χ4n) is 6.03. The number of carbonyl (C=O) groups is 6. The number of hydrogen-bond donors (Lipinski definition) is 0. The predicted octanol–water partition coefficient (Wildman–Crippen LogP) is 8.10. The van der Waals surface area contributed by atoms with E-state index in [4.69, 9.17) is 23.7 Å². The van der Waals surface area contributed by atoms with Crippen LogP contribution < -0.4 is 4.74 Å². The third-order valence-electron chi connectivity index (χ3n) is 9.67. The maximum Gasteiger partial charge on any atom is 0.333 e. The molecule has 0 saturated heterocycles. The van der Waals surface area contributed by atoms with Gasteiger partial charge in [0.15, 0.2) is 0 Å². The Morgan fingerprint density at radius 1 is 0.565 bits per heavy atom. The van der Waals surface area contributed by atoms with E-state index in [0.29, 0.717) is 18.6 Å². The molecule has 0 N–H and O–H groups in total. The molecule has 0 heterocycles. The molecule has 0 fully saturated rings. The van der Waals surface area contributed by atoms with Gasteiger partial charge in [-0.2, -0.15) is 0 Å². The summed E-state index contributed by atoms with van der Waals surface area (Å²) in [5.74, 6) is -4.27. The number of unbranched alkanes of at least 4 members (excludes halogenated alkanes) is 2. The van der Waals surface area contributed by atoms with E-state index in [-0.39, 0.29) is 35.5 Å². The molecule has 0 aromatic heterocycles. The minimum absolute atomic E-state index is 0.0730. The van der Waals surface area contributed by atoms with E-state index in [1.807, 2.05) is 12.1 Å². The van der Waals surface area contributed by atoms with E-state index in [1.54, 1.807) is 13.0 Å². The van der Waals surface area contributed by atoms with Crippen LogP contribution >= 0.6 is 0 Å². The summed E-state index contributed by atoms with van der Waals surface area (Å²) in [5.41, 5.74) is 2.32. The molecule has 3 aromatic rings. The molecule has 0 saturated carbocycles. The summed E-state index contributed by atoms with van der Waals surface area (Å²) in [5, 5.41) is 2.22. The van der Waals surface area contributed by atoms with Crippen LogP contribution in [0.25, 0.3) is 21.9 Å². The van der Waals surface area contributed by atoms with E-state index in [0.717, 1.165) is 60.9 Å². The maximum absolute atomic E-state index is 13.0. The van der Waals surface area contributed by atoms with Crippen molar-refractivity contribution >= 4 is 46.6 Å². The minimum atomic E-state index is -1.56. The largest absolute Gasteiger partial charge is 0.492 e. The standard InChI is InChI=1S/C49H58O13/c1-10-11-12-14-36-16-17-38-26-39(19-18-37(38)25-36)40-20-21-42(41(27-40)15-13-22-58-45(52)32(2)3)59-28-49(31-62-46(53)33(4)5,29-60-43(50)23-34(6)47(54)56-8)30-61-44(51)24-35(7)48(55)57-9/h16-21,25-27H,2,4,6-7,10-15,22-24,28-31H2,1,3,5,8-9H3. The molecule has 332 valence electrons. The third-order valence-corrected chi connectivity index (χ3v) is 9.67. The number of rotatable bonds is 26. The van der Waals surface area contributed by atoms with Gasteiger partial charge < -0.3 is 33.2 Å². The molecule has 0 aliphatic carbocycles. The highest BCUT2D eigenvalue weighted by Crippen LogP contribution is 2.32. The lowest BCUT2D eigenvalue weighted by Crippen LogP contribution is -2.44. The fraction of sp³-hybridized carbons (Fsp3) is 0.388. The number of hydrogen-bond acceptors (Lipinski definition) is 13. The van der Waals surface area contributed by atoms with Crippen LogP contribution in [0.3, 0.4) is 0 Å². The van der Waals surface area contributed by atoms with Gasteiger partial charge >= 0.3 is 35.8 Å². The van der Waals surface area contributed by atoms with Crippen molar-refractivity contribution in [2.45, 2.75) is 72.1 Å². The Morgan fingerprint density at radius 3 is 1.68 bits per heavy atom. The molecule has 0 bridgehead atoms. The smallest absolute Gasteiger partial charge is 0.333 e. The molecule has 3 rings (SSSR count). The van der Waals surface area contributed by atoms with Crippen LogP contribution in [0.4, 0.5) is 0 Å². The Kier molecular flexibility index (Phi) is 19.8. The quantitative estimate of drug-likeness (QED) is 0.0329. The van der Waals surface area contributed by atoms with E-state index in [2.05, 4.69) is 79.1 Å². The molecule has 0 spiro atoms. The number of ether oxygens (including phenoxy) is 7. The normalized spacial score (nSPS) is 10.9. The van der Waals surface area contributed by atoms with Crippen molar-refractivity contribution in [1.29, 1.82) is 0 Å². The van der Waals surface area contributed by atoms with Crippen molar-refractivity contribution in [3.63, 3.8) is 0 Å². The zero-order chi connectivity index (χ0) is 45.8. The average Bonchev–Trinajstić information content (AvgIpc) is 3.26. The molecule has 0 unspecified atom stereocenters. The minimum Gasteiger partial charge on any atom is -0.492 e. The van der Waals surface area contributed by atoms with Gasteiger partial charge in [0.2, 0.25) is 0 Å². The number of fused-ring (bicyclic) bond motifs is 1. The second-order valence-electron chi connectivity index (χ2n) is 15.2. The van der Waals surface area contributed by atoms with Crippen LogP contribution in [0.1, 0.15) is 70.4 Å². The number of esters is 6. The Hall–Kier alpha value is -6.50. The van der Waals surface area contributed by atoms with Gasteiger partial charge in [-0.25, -0.2) is 19.2 Å². The maximum atomic E-state index is 13.0. The Balaban J connectivity index is 2.03. The molecular formula is C49H58O13. The first-order valence-electron chi connectivity index (χ1n) is 20.3. The lowest BCUT2D eigenvalue weighted by Gasteiger charge is -2.32. The third kappa shape index (κ3) is 15.8.